The number of hydrogen-bond acceptors (Lipinski definition) is 3. The van der Waals surface area contributed by atoms with E-state index in [0.29, 0.717) is 6.54 Å². The third-order valence-electron chi connectivity index (χ3n) is 2.39. The number of terminal acetylenes is 1. The Morgan fingerprint density at radius 2 is 2.17 bits per heavy atom. The minimum Gasteiger partial charge on any atom is -0.481 e. The highest BCUT2D eigenvalue weighted by atomic mass is 35.5. The molecular weight excluding hydrogens is 250 g/mol. The molecule has 1 rings (SSSR count). The van der Waals surface area contributed by atoms with Crippen LogP contribution in [-0.2, 0) is 6.54 Å². The maximum Gasteiger partial charge on any atom is 0.148 e. The summed E-state index contributed by atoms with van der Waals surface area (Å²) in [6, 6.07) is 7.74. The summed E-state index contributed by atoms with van der Waals surface area (Å²) >= 11 is 0. The number of nitrogens with one attached hydrogen (secondary N) is 1. The van der Waals surface area contributed by atoms with Crippen molar-refractivity contribution in [1.82, 2.24) is 5.32 Å². The van der Waals surface area contributed by atoms with Gasteiger partial charge in [-0.2, -0.15) is 0 Å². The van der Waals surface area contributed by atoms with Crippen LogP contribution in [0, 0.1) is 12.3 Å². The standard InChI is InChI=1S/C14H19NO2.ClH/c1-4-8-17-13-7-5-6-12(9-13)10-15-14(2,3)11-16;/h1,5-7,9,15-16H,8,10-11H2,2-3H3;1H. The Kier molecular flexibility index (Phi) is 7.45. The molecule has 0 fully saturated rings. The van der Waals surface area contributed by atoms with Crippen molar-refractivity contribution in [3.63, 3.8) is 0 Å². The molecule has 0 heterocycles. The molecule has 4 heteroatoms. The van der Waals surface area contributed by atoms with Gasteiger partial charge >= 0.3 is 0 Å². The van der Waals surface area contributed by atoms with E-state index in [1.807, 2.05) is 38.1 Å². The smallest absolute Gasteiger partial charge is 0.148 e. The van der Waals surface area contributed by atoms with Crippen LogP contribution in [-0.4, -0.2) is 23.9 Å². The fourth-order valence-corrected chi connectivity index (χ4v) is 1.27. The number of aliphatic hydroxyl groups is 1. The largest absolute Gasteiger partial charge is 0.481 e. The van der Waals surface area contributed by atoms with Crippen LogP contribution in [0.2, 0.25) is 0 Å². The third kappa shape index (κ3) is 5.92. The van der Waals surface area contributed by atoms with Gasteiger partial charge in [-0.25, -0.2) is 0 Å². The maximum absolute atomic E-state index is 9.13. The Morgan fingerprint density at radius 3 is 2.78 bits per heavy atom. The summed E-state index contributed by atoms with van der Waals surface area (Å²) in [7, 11) is 0. The Labute approximate surface area is 115 Å². The van der Waals surface area contributed by atoms with Crippen LogP contribution in [0.4, 0.5) is 0 Å². The lowest BCUT2D eigenvalue weighted by atomic mass is 10.1. The van der Waals surface area contributed by atoms with Crippen molar-refractivity contribution in [3.8, 4) is 18.1 Å². The van der Waals surface area contributed by atoms with Gasteiger partial charge in [0.1, 0.15) is 12.4 Å². The summed E-state index contributed by atoms with van der Waals surface area (Å²) in [6.07, 6.45) is 5.13. The van der Waals surface area contributed by atoms with Gasteiger partial charge in [-0.05, 0) is 31.5 Å². The zero-order chi connectivity index (χ0) is 12.7. The number of ether oxygens (including phenoxy) is 1. The number of benzene rings is 1. The second kappa shape index (κ2) is 7.99. The van der Waals surface area contributed by atoms with Gasteiger partial charge in [-0.3, -0.25) is 0 Å². The first kappa shape index (κ1) is 16.8. The number of aliphatic hydroxyl groups excluding tert-OH is 1. The second-order valence-electron chi connectivity index (χ2n) is 4.54. The van der Waals surface area contributed by atoms with Gasteiger partial charge in [0, 0.05) is 12.1 Å². The van der Waals surface area contributed by atoms with Crippen molar-refractivity contribution in [2.75, 3.05) is 13.2 Å². The van der Waals surface area contributed by atoms with E-state index >= 15 is 0 Å². The van der Waals surface area contributed by atoms with Crippen LogP contribution >= 0.6 is 12.4 Å². The van der Waals surface area contributed by atoms with Crippen molar-refractivity contribution >= 4 is 12.4 Å². The SMILES string of the molecule is C#CCOc1cccc(CNC(C)(C)CO)c1.Cl. The first-order chi connectivity index (χ1) is 8.07. The van der Waals surface area contributed by atoms with Gasteiger partial charge < -0.3 is 15.2 Å². The number of halogens is 1. The van der Waals surface area contributed by atoms with E-state index in [4.69, 9.17) is 16.3 Å². The molecule has 100 valence electrons. The van der Waals surface area contributed by atoms with Crippen LogP contribution in [0.5, 0.6) is 5.75 Å². The molecule has 2 N–H and O–H groups in total. The van der Waals surface area contributed by atoms with Gasteiger partial charge in [-0.15, -0.1) is 18.8 Å². The molecule has 0 atom stereocenters. The van der Waals surface area contributed by atoms with E-state index in [-0.39, 0.29) is 31.2 Å². The molecule has 0 aliphatic carbocycles. The Morgan fingerprint density at radius 1 is 1.44 bits per heavy atom. The van der Waals surface area contributed by atoms with E-state index in [1.54, 1.807) is 0 Å². The van der Waals surface area contributed by atoms with Gasteiger partial charge in [0.2, 0.25) is 0 Å². The van der Waals surface area contributed by atoms with E-state index in [9.17, 15) is 0 Å². The van der Waals surface area contributed by atoms with Crippen molar-refractivity contribution in [2.45, 2.75) is 25.9 Å². The average molecular weight is 270 g/mol. The molecule has 0 radical (unpaired) electrons. The molecule has 0 saturated heterocycles. The highest BCUT2D eigenvalue weighted by molar-refractivity contribution is 5.85. The molecule has 18 heavy (non-hydrogen) atoms. The summed E-state index contributed by atoms with van der Waals surface area (Å²) in [5.74, 6) is 3.20. The van der Waals surface area contributed by atoms with Crippen LogP contribution in [0.15, 0.2) is 24.3 Å². The minimum absolute atomic E-state index is 0. The van der Waals surface area contributed by atoms with Crippen LogP contribution < -0.4 is 10.1 Å². The molecule has 0 amide bonds. The Bertz CT molecular complexity index is 399. The molecule has 1 aromatic carbocycles. The lowest BCUT2D eigenvalue weighted by Gasteiger charge is -2.23. The molecule has 0 aliphatic heterocycles. The van der Waals surface area contributed by atoms with E-state index in [2.05, 4.69) is 11.2 Å². The summed E-state index contributed by atoms with van der Waals surface area (Å²) in [4.78, 5) is 0. The van der Waals surface area contributed by atoms with E-state index in [1.165, 1.54) is 0 Å². The van der Waals surface area contributed by atoms with Gasteiger partial charge in [0.25, 0.3) is 0 Å². The quantitative estimate of drug-likeness (QED) is 0.776. The molecule has 0 aromatic heterocycles. The van der Waals surface area contributed by atoms with Crippen LogP contribution in [0.1, 0.15) is 19.4 Å². The second-order valence-corrected chi connectivity index (χ2v) is 4.54. The van der Waals surface area contributed by atoms with Crippen molar-refractivity contribution in [2.24, 2.45) is 0 Å². The molecule has 0 spiro atoms. The van der Waals surface area contributed by atoms with Crippen LogP contribution in [0.3, 0.4) is 0 Å². The highest BCUT2D eigenvalue weighted by Gasteiger charge is 2.14. The van der Waals surface area contributed by atoms with E-state index < -0.39 is 0 Å². The molecule has 3 nitrogen and oxygen atoms in total. The van der Waals surface area contributed by atoms with Crippen molar-refractivity contribution in [1.29, 1.82) is 0 Å². The number of rotatable bonds is 6. The maximum atomic E-state index is 9.13. The normalized spacial score (nSPS) is 10.3. The zero-order valence-electron chi connectivity index (χ0n) is 10.8. The summed E-state index contributed by atoms with van der Waals surface area (Å²) in [5, 5.41) is 12.4. The summed E-state index contributed by atoms with van der Waals surface area (Å²) in [6.45, 7) is 4.96. The Balaban J connectivity index is 0.00000289. The fraction of sp³-hybridized carbons (Fsp3) is 0.429. The lowest BCUT2D eigenvalue weighted by Crippen LogP contribution is -2.42. The van der Waals surface area contributed by atoms with Crippen LogP contribution in [0.25, 0.3) is 0 Å². The van der Waals surface area contributed by atoms with Gasteiger partial charge in [-0.1, -0.05) is 18.1 Å². The molecule has 0 aliphatic rings. The lowest BCUT2D eigenvalue weighted by molar-refractivity contribution is 0.187. The predicted molar refractivity (Wildman–Crippen MR) is 76.0 cm³/mol. The molecular formula is C14H20ClNO2. The van der Waals surface area contributed by atoms with Crippen molar-refractivity contribution in [3.05, 3.63) is 29.8 Å². The molecule has 0 unspecified atom stereocenters. The third-order valence-corrected chi connectivity index (χ3v) is 2.39. The summed E-state index contributed by atoms with van der Waals surface area (Å²) < 4.78 is 5.34. The predicted octanol–water partition coefficient (Wildman–Crippen LogP) is 1.98. The first-order valence-corrected chi connectivity index (χ1v) is 5.58. The first-order valence-electron chi connectivity index (χ1n) is 5.58. The monoisotopic (exact) mass is 269 g/mol. The molecule has 0 saturated carbocycles. The van der Waals surface area contributed by atoms with Crippen molar-refractivity contribution < 1.29 is 9.84 Å². The molecule has 1 aromatic rings. The zero-order valence-corrected chi connectivity index (χ0v) is 11.6. The topological polar surface area (TPSA) is 41.5 Å². The fourth-order valence-electron chi connectivity index (χ4n) is 1.27. The summed E-state index contributed by atoms with van der Waals surface area (Å²) in [5.41, 5.74) is 0.816. The van der Waals surface area contributed by atoms with Gasteiger partial charge in [0.15, 0.2) is 0 Å². The minimum atomic E-state index is -0.282. The van der Waals surface area contributed by atoms with Gasteiger partial charge in [0.05, 0.1) is 6.61 Å². The number of hydrogen-bond donors (Lipinski definition) is 2. The highest BCUT2D eigenvalue weighted by Crippen LogP contribution is 2.14. The molecule has 0 bridgehead atoms. The Hall–Kier alpha value is -1.21. The average Bonchev–Trinajstić information content (AvgIpc) is 2.35. The van der Waals surface area contributed by atoms with E-state index in [0.717, 1.165) is 11.3 Å².